The van der Waals surface area contributed by atoms with Crippen molar-refractivity contribution >= 4 is 0 Å². The highest BCUT2D eigenvalue weighted by Gasteiger charge is 2.49. The van der Waals surface area contributed by atoms with E-state index in [2.05, 4.69) is 45.5 Å². The Morgan fingerprint density at radius 3 is 2.82 bits per heavy atom. The molecule has 0 radical (unpaired) electrons. The van der Waals surface area contributed by atoms with Crippen LogP contribution in [-0.2, 0) is 5.41 Å². The van der Waals surface area contributed by atoms with E-state index in [9.17, 15) is 0 Å². The Kier molecular flexibility index (Phi) is 2.02. The van der Waals surface area contributed by atoms with Gasteiger partial charge in [-0.05, 0) is 43.9 Å². The summed E-state index contributed by atoms with van der Waals surface area (Å²) in [6, 6.07) is 6.61. The topological polar surface area (TPSA) is 9.23 Å². The quantitative estimate of drug-likeness (QED) is 0.606. The number of aryl methyl sites for hydroxylation is 1. The lowest BCUT2D eigenvalue weighted by Gasteiger charge is -2.51. The Labute approximate surface area is 103 Å². The van der Waals surface area contributed by atoms with Crippen molar-refractivity contribution in [3.63, 3.8) is 0 Å². The number of hydrogen-bond donors (Lipinski definition) is 0. The summed E-state index contributed by atoms with van der Waals surface area (Å²) in [6.45, 7) is 10.9. The summed E-state index contributed by atoms with van der Waals surface area (Å²) in [5.41, 5.74) is 4.00. The number of ether oxygens (including phenoxy) is 1. The molecule has 3 rings (SSSR count). The van der Waals surface area contributed by atoms with Crippen LogP contribution in [-0.4, -0.2) is 5.60 Å². The predicted octanol–water partition coefficient (Wildman–Crippen LogP) is 4.14. The molecule has 1 heteroatoms. The first kappa shape index (κ1) is 10.9. The molecule has 1 aliphatic heterocycles. The van der Waals surface area contributed by atoms with Crippen LogP contribution >= 0.6 is 0 Å². The van der Waals surface area contributed by atoms with Gasteiger partial charge in [-0.1, -0.05) is 25.6 Å². The molecule has 90 valence electrons. The lowest BCUT2D eigenvalue weighted by atomic mass is 9.62. The third-order valence-corrected chi connectivity index (χ3v) is 4.58. The molecule has 2 bridgehead atoms. The third-order valence-electron chi connectivity index (χ3n) is 4.58. The van der Waals surface area contributed by atoms with Crippen LogP contribution in [0.1, 0.15) is 44.2 Å². The highest BCUT2D eigenvalue weighted by atomic mass is 16.5. The van der Waals surface area contributed by atoms with Crippen LogP contribution < -0.4 is 4.74 Å². The summed E-state index contributed by atoms with van der Waals surface area (Å²) < 4.78 is 6.25. The van der Waals surface area contributed by atoms with Crippen molar-refractivity contribution in [3.8, 4) is 5.75 Å². The van der Waals surface area contributed by atoms with Crippen LogP contribution in [0.25, 0.3) is 0 Å². The van der Waals surface area contributed by atoms with Gasteiger partial charge < -0.3 is 4.74 Å². The minimum atomic E-state index is -0.159. The third kappa shape index (κ3) is 1.45. The Balaban J connectivity index is 2.19. The average molecular weight is 228 g/mol. The van der Waals surface area contributed by atoms with Crippen LogP contribution in [0.15, 0.2) is 30.4 Å². The maximum atomic E-state index is 6.25. The largest absolute Gasteiger partial charge is 0.483 e. The Bertz CT molecular complexity index is 502. The second-order valence-corrected chi connectivity index (χ2v) is 6.17. The van der Waals surface area contributed by atoms with Crippen LogP contribution in [0.2, 0.25) is 0 Å². The van der Waals surface area contributed by atoms with E-state index in [1.54, 1.807) is 0 Å². The highest BCUT2D eigenvalue weighted by Crippen LogP contribution is 2.53. The first-order valence-corrected chi connectivity index (χ1v) is 6.41. The minimum absolute atomic E-state index is 0.159. The molecule has 1 aliphatic carbocycles. The van der Waals surface area contributed by atoms with E-state index in [0.717, 1.165) is 18.6 Å². The number of rotatable bonds is 0. The molecule has 2 unspecified atom stereocenters. The molecule has 1 heterocycles. The molecule has 0 saturated heterocycles. The van der Waals surface area contributed by atoms with Gasteiger partial charge in [-0.3, -0.25) is 0 Å². The smallest absolute Gasteiger partial charge is 0.128 e. The average Bonchev–Trinajstić information content (AvgIpc) is 2.23. The molecule has 2 atom stereocenters. The summed E-state index contributed by atoms with van der Waals surface area (Å²) in [5, 5.41) is 0. The maximum absolute atomic E-state index is 6.25. The maximum Gasteiger partial charge on any atom is 0.128 e. The number of benzene rings is 1. The van der Waals surface area contributed by atoms with Crippen molar-refractivity contribution < 1.29 is 4.74 Å². The molecule has 0 aromatic heterocycles. The zero-order valence-electron chi connectivity index (χ0n) is 11.0. The van der Waals surface area contributed by atoms with Crippen LogP contribution in [0.4, 0.5) is 0 Å². The van der Waals surface area contributed by atoms with Crippen molar-refractivity contribution in [1.29, 1.82) is 0 Å². The Morgan fingerprint density at radius 2 is 2.06 bits per heavy atom. The molecular formula is C16H20O. The molecule has 1 fully saturated rings. The van der Waals surface area contributed by atoms with E-state index < -0.39 is 0 Å². The minimum Gasteiger partial charge on any atom is -0.483 e. The van der Waals surface area contributed by atoms with Gasteiger partial charge in [0.2, 0.25) is 0 Å². The van der Waals surface area contributed by atoms with E-state index in [-0.39, 0.29) is 11.0 Å². The molecule has 1 saturated carbocycles. The summed E-state index contributed by atoms with van der Waals surface area (Å²) in [4.78, 5) is 0. The fraction of sp³-hybridized carbons (Fsp3) is 0.500. The molecular weight excluding hydrogens is 208 g/mol. The van der Waals surface area contributed by atoms with Crippen molar-refractivity contribution in [2.24, 2.45) is 0 Å². The van der Waals surface area contributed by atoms with Gasteiger partial charge in [-0.15, -0.1) is 0 Å². The van der Waals surface area contributed by atoms with Gasteiger partial charge in [0.15, 0.2) is 0 Å². The van der Waals surface area contributed by atoms with E-state index in [1.807, 2.05) is 0 Å². The fourth-order valence-electron chi connectivity index (χ4n) is 3.44. The SMILES string of the molecule is C=C1CCC2(C)CC1(C)Oc1cc(C)ccc12. The second kappa shape index (κ2) is 3.16. The summed E-state index contributed by atoms with van der Waals surface area (Å²) in [7, 11) is 0. The molecule has 0 spiro atoms. The lowest BCUT2D eigenvalue weighted by molar-refractivity contribution is 0.0393. The summed E-state index contributed by atoms with van der Waals surface area (Å²) >= 11 is 0. The number of hydrogen-bond acceptors (Lipinski definition) is 1. The van der Waals surface area contributed by atoms with Crippen LogP contribution in [0, 0.1) is 6.92 Å². The van der Waals surface area contributed by atoms with Gasteiger partial charge in [0, 0.05) is 17.4 Å². The van der Waals surface area contributed by atoms with E-state index in [1.165, 1.54) is 23.1 Å². The first-order chi connectivity index (χ1) is 7.93. The summed E-state index contributed by atoms with van der Waals surface area (Å²) in [5.74, 6) is 1.07. The normalized spacial score (nSPS) is 35.1. The van der Waals surface area contributed by atoms with Gasteiger partial charge in [0.1, 0.15) is 11.4 Å². The predicted molar refractivity (Wildman–Crippen MR) is 70.6 cm³/mol. The van der Waals surface area contributed by atoms with Crippen molar-refractivity contribution in [3.05, 3.63) is 41.5 Å². The zero-order chi connectivity index (χ0) is 12.3. The van der Waals surface area contributed by atoms with Gasteiger partial charge >= 0.3 is 0 Å². The molecule has 1 aromatic rings. The molecule has 17 heavy (non-hydrogen) atoms. The van der Waals surface area contributed by atoms with Crippen LogP contribution in [0.5, 0.6) is 5.75 Å². The molecule has 0 amide bonds. The van der Waals surface area contributed by atoms with E-state index in [4.69, 9.17) is 4.74 Å². The zero-order valence-corrected chi connectivity index (χ0v) is 11.0. The molecule has 1 nitrogen and oxygen atoms in total. The number of fused-ring (bicyclic) bond motifs is 4. The van der Waals surface area contributed by atoms with E-state index >= 15 is 0 Å². The lowest BCUT2D eigenvalue weighted by Crippen LogP contribution is -2.49. The summed E-state index contributed by atoms with van der Waals surface area (Å²) in [6.07, 6.45) is 3.34. The Morgan fingerprint density at radius 1 is 1.29 bits per heavy atom. The molecule has 1 aromatic carbocycles. The van der Waals surface area contributed by atoms with E-state index in [0.29, 0.717) is 0 Å². The van der Waals surface area contributed by atoms with Crippen molar-refractivity contribution in [1.82, 2.24) is 0 Å². The van der Waals surface area contributed by atoms with Crippen LogP contribution in [0.3, 0.4) is 0 Å². The van der Waals surface area contributed by atoms with Gasteiger partial charge in [0.25, 0.3) is 0 Å². The fourth-order valence-corrected chi connectivity index (χ4v) is 3.44. The van der Waals surface area contributed by atoms with Gasteiger partial charge in [-0.2, -0.15) is 0 Å². The standard InChI is InChI=1S/C16H20O/c1-11-5-6-13-14(9-11)17-16(4)10-15(13,3)8-7-12(16)2/h5-6,9H,2,7-8,10H2,1,3-4H3. The molecule has 0 N–H and O–H groups in total. The van der Waals surface area contributed by atoms with Crippen molar-refractivity contribution in [2.45, 2.75) is 51.0 Å². The monoisotopic (exact) mass is 228 g/mol. The van der Waals surface area contributed by atoms with Crippen molar-refractivity contribution in [2.75, 3.05) is 0 Å². The van der Waals surface area contributed by atoms with Gasteiger partial charge in [-0.25, -0.2) is 0 Å². The highest BCUT2D eigenvalue weighted by molar-refractivity contribution is 5.47. The van der Waals surface area contributed by atoms with Gasteiger partial charge in [0.05, 0.1) is 0 Å². The second-order valence-electron chi connectivity index (χ2n) is 6.17. The Hall–Kier alpha value is -1.24. The first-order valence-electron chi connectivity index (χ1n) is 6.41. The molecule has 2 aliphatic rings.